The van der Waals surface area contributed by atoms with Gasteiger partial charge in [-0.2, -0.15) is 0 Å². The summed E-state index contributed by atoms with van der Waals surface area (Å²) in [6.45, 7) is 0. The van der Waals surface area contributed by atoms with E-state index in [1.165, 1.54) is 20.3 Å². The zero-order chi connectivity index (χ0) is 16.8. The van der Waals surface area contributed by atoms with Crippen LogP contribution in [0.2, 0.25) is 10.0 Å². The van der Waals surface area contributed by atoms with Crippen molar-refractivity contribution in [3.8, 4) is 17.2 Å². The van der Waals surface area contributed by atoms with Crippen LogP contribution in [0.4, 0.5) is 0 Å². The van der Waals surface area contributed by atoms with E-state index in [4.69, 9.17) is 37.4 Å². The highest BCUT2D eigenvalue weighted by molar-refractivity contribution is 6.35. The number of ether oxygens (including phenoxy) is 3. The zero-order valence-electron chi connectivity index (χ0n) is 12.5. The highest BCUT2D eigenvalue weighted by atomic mass is 35.5. The van der Waals surface area contributed by atoms with Crippen molar-refractivity contribution in [1.82, 2.24) is 0 Å². The Kier molecular flexibility index (Phi) is 5.90. The fraction of sp³-hybridized carbons (Fsp3) is 0.118. The average Bonchev–Trinajstić information content (AvgIpc) is 2.54. The maximum atomic E-state index is 12.0. The van der Waals surface area contributed by atoms with Gasteiger partial charge in [-0.1, -0.05) is 35.3 Å². The van der Waals surface area contributed by atoms with Gasteiger partial charge in [0, 0.05) is 16.1 Å². The van der Waals surface area contributed by atoms with E-state index < -0.39 is 5.97 Å². The Morgan fingerprint density at radius 2 is 1.70 bits per heavy atom. The third kappa shape index (κ3) is 4.41. The molecule has 4 nitrogen and oxygen atoms in total. The first-order valence-corrected chi connectivity index (χ1v) is 7.36. The largest absolute Gasteiger partial charge is 0.493 e. The number of para-hydroxylation sites is 1. The highest BCUT2D eigenvalue weighted by Crippen LogP contribution is 2.36. The first-order valence-electron chi connectivity index (χ1n) is 6.61. The van der Waals surface area contributed by atoms with Gasteiger partial charge in [0.15, 0.2) is 11.5 Å². The minimum absolute atomic E-state index is 0.217. The van der Waals surface area contributed by atoms with Gasteiger partial charge >= 0.3 is 5.97 Å². The fourth-order valence-electron chi connectivity index (χ4n) is 1.85. The summed E-state index contributed by atoms with van der Waals surface area (Å²) in [5, 5.41) is 0.963. The maximum absolute atomic E-state index is 12.0. The first-order chi connectivity index (χ1) is 11.0. The second-order valence-corrected chi connectivity index (χ2v) is 5.26. The molecule has 0 unspecified atom stereocenters. The molecule has 0 heterocycles. The topological polar surface area (TPSA) is 44.8 Å². The molecular formula is C17H14Cl2O4. The minimum Gasteiger partial charge on any atom is -0.493 e. The predicted octanol–water partition coefficient (Wildman–Crippen LogP) is 4.63. The van der Waals surface area contributed by atoms with Crippen LogP contribution in [0.5, 0.6) is 17.2 Å². The molecular weight excluding hydrogens is 339 g/mol. The third-order valence-electron chi connectivity index (χ3n) is 2.95. The molecule has 0 radical (unpaired) electrons. The van der Waals surface area contributed by atoms with Crippen LogP contribution in [0, 0.1) is 0 Å². The number of carbonyl (C=O) groups is 1. The Hall–Kier alpha value is -2.17. The molecule has 0 bridgehead atoms. The molecule has 0 saturated heterocycles. The summed E-state index contributed by atoms with van der Waals surface area (Å²) in [6, 6.07) is 10.1. The summed E-state index contributed by atoms with van der Waals surface area (Å²) in [4.78, 5) is 12.0. The van der Waals surface area contributed by atoms with E-state index in [2.05, 4.69) is 0 Å². The Labute approximate surface area is 144 Å². The van der Waals surface area contributed by atoms with Gasteiger partial charge in [-0.3, -0.25) is 0 Å². The quantitative estimate of drug-likeness (QED) is 0.447. The molecule has 0 saturated carbocycles. The van der Waals surface area contributed by atoms with Crippen molar-refractivity contribution in [2.45, 2.75) is 0 Å². The summed E-state index contributed by atoms with van der Waals surface area (Å²) >= 11 is 11.9. The highest BCUT2D eigenvalue weighted by Gasteiger charge is 2.14. The number of halogens is 2. The van der Waals surface area contributed by atoms with Gasteiger partial charge in [0.1, 0.15) is 0 Å². The van der Waals surface area contributed by atoms with Gasteiger partial charge < -0.3 is 14.2 Å². The lowest BCUT2D eigenvalue weighted by molar-refractivity contribution is -0.129. The molecule has 23 heavy (non-hydrogen) atoms. The average molecular weight is 353 g/mol. The Balaban J connectivity index is 2.18. The van der Waals surface area contributed by atoms with E-state index in [9.17, 15) is 4.79 Å². The lowest BCUT2D eigenvalue weighted by Crippen LogP contribution is -2.06. The van der Waals surface area contributed by atoms with Crippen LogP contribution in [-0.4, -0.2) is 20.2 Å². The van der Waals surface area contributed by atoms with Gasteiger partial charge in [0.2, 0.25) is 5.75 Å². The van der Waals surface area contributed by atoms with Crippen molar-refractivity contribution >= 4 is 35.2 Å². The molecule has 0 atom stereocenters. The van der Waals surface area contributed by atoms with Crippen molar-refractivity contribution in [2.24, 2.45) is 0 Å². The van der Waals surface area contributed by atoms with E-state index in [0.29, 0.717) is 27.1 Å². The Morgan fingerprint density at radius 3 is 2.26 bits per heavy atom. The molecule has 0 aliphatic rings. The van der Waals surface area contributed by atoms with Crippen molar-refractivity contribution in [3.05, 3.63) is 58.1 Å². The van der Waals surface area contributed by atoms with Crippen LogP contribution >= 0.6 is 23.2 Å². The first kappa shape index (κ1) is 17.2. The van der Waals surface area contributed by atoms with Crippen molar-refractivity contribution in [1.29, 1.82) is 0 Å². The summed E-state index contributed by atoms with van der Waals surface area (Å²) in [6.07, 6.45) is 2.81. The number of carbonyl (C=O) groups excluding carboxylic acids is 1. The van der Waals surface area contributed by atoms with Gasteiger partial charge in [-0.25, -0.2) is 4.79 Å². The predicted molar refractivity (Wildman–Crippen MR) is 90.7 cm³/mol. The molecule has 0 aliphatic carbocycles. The third-order valence-corrected chi connectivity index (χ3v) is 3.51. The van der Waals surface area contributed by atoms with E-state index in [1.54, 1.807) is 42.5 Å². The van der Waals surface area contributed by atoms with Crippen LogP contribution in [0.25, 0.3) is 6.08 Å². The molecule has 0 N–H and O–H groups in total. The number of hydrogen-bond acceptors (Lipinski definition) is 4. The SMILES string of the molecule is COc1cccc(OC)c1OC(=O)/C=C/c1ccc(Cl)cc1Cl. The van der Waals surface area contributed by atoms with Crippen LogP contribution in [0.3, 0.4) is 0 Å². The smallest absolute Gasteiger partial charge is 0.336 e. The van der Waals surface area contributed by atoms with Crippen molar-refractivity contribution in [3.63, 3.8) is 0 Å². The number of hydrogen-bond donors (Lipinski definition) is 0. The maximum Gasteiger partial charge on any atom is 0.336 e. The minimum atomic E-state index is -0.584. The summed E-state index contributed by atoms with van der Waals surface area (Å²) in [5.74, 6) is 0.430. The number of rotatable bonds is 5. The summed E-state index contributed by atoms with van der Waals surface area (Å²) in [7, 11) is 2.96. The van der Waals surface area contributed by atoms with Crippen LogP contribution in [0.1, 0.15) is 5.56 Å². The molecule has 6 heteroatoms. The van der Waals surface area contributed by atoms with Crippen molar-refractivity contribution in [2.75, 3.05) is 14.2 Å². The number of methoxy groups -OCH3 is 2. The lowest BCUT2D eigenvalue weighted by atomic mass is 10.2. The van der Waals surface area contributed by atoms with Gasteiger partial charge in [-0.15, -0.1) is 0 Å². The normalized spacial score (nSPS) is 10.6. The van der Waals surface area contributed by atoms with Crippen LogP contribution < -0.4 is 14.2 Å². The molecule has 2 aromatic rings. The van der Waals surface area contributed by atoms with E-state index in [0.717, 1.165) is 0 Å². The lowest BCUT2D eigenvalue weighted by Gasteiger charge is -2.11. The summed E-state index contributed by atoms with van der Waals surface area (Å²) in [5.41, 5.74) is 0.653. The van der Waals surface area contributed by atoms with Gasteiger partial charge in [0.05, 0.1) is 14.2 Å². The standard InChI is InChI=1S/C17H14Cl2O4/c1-21-14-4-3-5-15(22-2)17(14)23-16(20)9-7-11-6-8-12(18)10-13(11)19/h3-10H,1-2H3/b9-7+. The second-order valence-electron chi connectivity index (χ2n) is 4.41. The fourth-order valence-corrected chi connectivity index (χ4v) is 2.32. The molecule has 0 aliphatic heterocycles. The van der Waals surface area contributed by atoms with Gasteiger partial charge in [-0.05, 0) is 35.9 Å². The van der Waals surface area contributed by atoms with E-state index in [1.807, 2.05) is 0 Å². The number of benzene rings is 2. The Morgan fingerprint density at radius 1 is 1.04 bits per heavy atom. The van der Waals surface area contributed by atoms with E-state index >= 15 is 0 Å². The Bertz CT molecular complexity index is 719. The molecule has 0 spiro atoms. The van der Waals surface area contributed by atoms with Crippen LogP contribution in [-0.2, 0) is 4.79 Å². The van der Waals surface area contributed by atoms with Gasteiger partial charge in [0.25, 0.3) is 0 Å². The molecule has 2 rings (SSSR count). The molecule has 0 fully saturated rings. The van der Waals surface area contributed by atoms with Crippen molar-refractivity contribution < 1.29 is 19.0 Å². The molecule has 0 amide bonds. The second kappa shape index (κ2) is 7.90. The molecule has 120 valence electrons. The monoisotopic (exact) mass is 352 g/mol. The number of esters is 1. The van der Waals surface area contributed by atoms with Crippen LogP contribution in [0.15, 0.2) is 42.5 Å². The zero-order valence-corrected chi connectivity index (χ0v) is 14.0. The molecule has 0 aromatic heterocycles. The summed E-state index contributed by atoms with van der Waals surface area (Å²) < 4.78 is 15.6. The van der Waals surface area contributed by atoms with E-state index in [-0.39, 0.29) is 5.75 Å². The molecule has 2 aromatic carbocycles.